The van der Waals surface area contributed by atoms with E-state index in [0.717, 1.165) is 45.2 Å². The molecular formula is C19H25N3O5. The third-order valence-corrected chi connectivity index (χ3v) is 5.15. The topological polar surface area (TPSA) is 93.0 Å². The number of anilines is 1. The van der Waals surface area contributed by atoms with E-state index in [-0.39, 0.29) is 17.2 Å². The fraction of sp³-hybridized carbons (Fsp3) is 0.579. The zero-order valence-electron chi connectivity index (χ0n) is 15.6. The number of benzene rings is 1. The fourth-order valence-corrected chi connectivity index (χ4v) is 3.67. The van der Waals surface area contributed by atoms with Gasteiger partial charge in [-0.05, 0) is 51.2 Å². The van der Waals surface area contributed by atoms with Crippen LogP contribution in [0.1, 0.15) is 49.4 Å². The van der Waals surface area contributed by atoms with Crippen LogP contribution >= 0.6 is 0 Å². The second kappa shape index (κ2) is 8.37. The van der Waals surface area contributed by atoms with E-state index in [1.165, 1.54) is 19.1 Å². The standard InChI is InChI=1S/C19H25N3O5/c1-14(18(23)21-11-5-6-12-21)27-19(24)15-7-8-16(17(13-15)22(25)26)20-9-3-2-4-10-20/h7-8,13-14H,2-6,9-12H2,1H3/t14-/m1/s1. The number of ether oxygens (including phenoxy) is 1. The Balaban J connectivity index is 1.73. The number of hydrogen-bond donors (Lipinski definition) is 0. The van der Waals surface area contributed by atoms with E-state index in [4.69, 9.17) is 4.74 Å². The number of hydrogen-bond acceptors (Lipinski definition) is 6. The van der Waals surface area contributed by atoms with Crippen LogP contribution in [0.15, 0.2) is 18.2 Å². The summed E-state index contributed by atoms with van der Waals surface area (Å²) in [6.45, 7) is 4.43. The molecule has 8 nitrogen and oxygen atoms in total. The molecule has 1 atom stereocenters. The van der Waals surface area contributed by atoms with Gasteiger partial charge in [0.1, 0.15) is 5.69 Å². The molecule has 1 aromatic carbocycles. The third kappa shape index (κ3) is 4.37. The number of likely N-dealkylation sites (tertiary alicyclic amines) is 1. The average molecular weight is 375 g/mol. The van der Waals surface area contributed by atoms with E-state index in [1.54, 1.807) is 11.0 Å². The van der Waals surface area contributed by atoms with Crippen molar-refractivity contribution in [1.82, 2.24) is 4.90 Å². The first-order chi connectivity index (χ1) is 13.0. The molecule has 1 aromatic rings. The van der Waals surface area contributed by atoms with Crippen LogP contribution in [-0.4, -0.2) is 54.0 Å². The van der Waals surface area contributed by atoms with Crippen LogP contribution in [0.3, 0.4) is 0 Å². The van der Waals surface area contributed by atoms with Crippen LogP contribution in [0.2, 0.25) is 0 Å². The number of piperidine rings is 1. The number of carbonyl (C=O) groups excluding carboxylic acids is 2. The van der Waals surface area contributed by atoms with E-state index >= 15 is 0 Å². The Morgan fingerprint density at radius 3 is 2.33 bits per heavy atom. The molecular weight excluding hydrogens is 350 g/mol. The number of rotatable bonds is 5. The zero-order chi connectivity index (χ0) is 19.4. The Morgan fingerprint density at radius 1 is 1.07 bits per heavy atom. The summed E-state index contributed by atoms with van der Waals surface area (Å²) >= 11 is 0. The number of nitrogens with zero attached hydrogens (tertiary/aromatic N) is 3. The molecule has 0 N–H and O–H groups in total. The summed E-state index contributed by atoms with van der Waals surface area (Å²) in [5.41, 5.74) is 0.505. The van der Waals surface area contributed by atoms with Gasteiger partial charge < -0.3 is 14.5 Å². The van der Waals surface area contributed by atoms with Crippen molar-refractivity contribution in [2.24, 2.45) is 0 Å². The van der Waals surface area contributed by atoms with Gasteiger partial charge in [-0.15, -0.1) is 0 Å². The summed E-state index contributed by atoms with van der Waals surface area (Å²) in [5.74, 6) is -0.941. The molecule has 1 amide bonds. The van der Waals surface area contributed by atoms with Crippen molar-refractivity contribution in [2.75, 3.05) is 31.1 Å². The maximum absolute atomic E-state index is 12.4. The first-order valence-electron chi connectivity index (χ1n) is 9.50. The highest BCUT2D eigenvalue weighted by Gasteiger charge is 2.28. The lowest BCUT2D eigenvalue weighted by Crippen LogP contribution is -2.38. The van der Waals surface area contributed by atoms with E-state index in [0.29, 0.717) is 18.8 Å². The summed E-state index contributed by atoms with van der Waals surface area (Å²) in [6.07, 6.45) is 4.12. The van der Waals surface area contributed by atoms with Gasteiger partial charge in [-0.3, -0.25) is 14.9 Å². The average Bonchev–Trinajstić information content (AvgIpc) is 3.22. The van der Waals surface area contributed by atoms with E-state index in [9.17, 15) is 19.7 Å². The van der Waals surface area contributed by atoms with Crippen LogP contribution in [0.5, 0.6) is 0 Å². The lowest BCUT2D eigenvalue weighted by molar-refractivity contribution is -0.384. The minimum Gasteiger partial charge on any atom is -0.449 e. The molecule has 0 spiro atoms. The second-order valence-electron chi connectivity index (χ2n) is 7.09. The Hall–Kier alpha value is -2.64. The molecule has 0 aliphatic carbocycles. The molecule has 0 aromatic heterocycles. The van der Waals surface area contributed by atoms with E-state index in [2.05, 4.69) is 0 Å². The molecule has 146 valence electrons. The molecule has 0 unspecified atom stereocenters. The van der Waals surface area contributed by atoms with Crippen LogP contribution < -0.4 is 4.90 Å². The Morgan fingerprint density at radius 2 is 1.70 bits per heavy atom. The number of nitro groups is 1. The van der Waals surface area contributed by atoms with Crippen molar-refractivity contribution in [3.63, 3.8) is 0 Å². The highest BCUT2D eigenvalue weighted by Crippen LogP contribution is 2.31. The zero-order valence-corrected chi connectivity index (χ0v) is 15.6. The quantitative estimate of drug-likeness (QED) is 0.446. The maximum atomic E-state index is 12.4. The van der Waals surface area contributed by atoms with Gasteiger partial charge in [-0.1, -0.05) is 0 Å². The minimum absolute atomic E-state index is 0.0866. The van der Waals surface area contributed by atoms with Crippen molar-refractivity contribution < 1.29 is 19.2 Å². The molecule has 2 heterocycles. The summed E-state index contributed by atoms with van der Waals surface area (Å²) in [6, 6.07) is 4.39. The molecule has 2 aliphatic heterocycles. The maximum Gasteiger partial charge on any atom is 0.339 e. The number of esters is 1. The van der Waals surface area contributed by atoms with Gasteiger partial charge in [-0.25, -0.2) is 4.79 Å². The number of amides is 1. The summed E-state index contributed by atoms with van der Waals surface area (Å²) in [5, 5.41) is 11.5. The lowest BCUT2D eigenvalue weighted by atomic mass is 10.1. The van der Waals surface area contributed by atoms with Gasteiger partial charge in [0, 0.05) is 32.2 Å². The predicted molar refractivity (Wildman–Crippen MR) is 99.9 cm³/mol. The van der Waals surface area contributed by atoms with Gasteiger partial charge in [0.2, 0.25) is 0 Å². The van der Waals surface area contributed by atoms with Crippen LogP contribution in [0.4, 0.5) is 11.4 Å². The van der Waals surface area contributed by atoms with Gasteiger partial charge in [0.15, 0.2) is 6.10 Å². The van der Waals surface area contributed by atoms with Crippen molar-refractivity contribution in [2.45, 2.75) is 45.1 Å². The Bertz CT molecular complexity index is 724. The second-order valence-corrected chi connectivity index (χ2v) is 7.09. The first kappa shape index (κ1) is 19.1. The van der Waals surface area contributed by atoms with Crippen molar-refractivity contribution in [3.05, 3.63) is 33.9 Å². The third-order valence-electron chi connectivity index (χ3n) is 5.15. The molecule has 0 saturated carbocycles. The fourth-order valence-electron chi connectivity index (χ4n) is 3.67. The molecule has 0 radical (unpaired) electrons. The lowest BCUT2D eigenvalue weighted by Gasteiger charge is -2.28. The normalized spacial score (nSPS) is 18.3. The number of carbonyl (C=O) groups is 2. The van der Waals surface area contributed by atoms with Crippen molar-refractivity contribution in [1.29, 1.82) is 0 Å². The van der Waals surface area contributed by atoms with Gasteiger partial charge in [-0.2, -0.15) is 0 Å². The van der Waals surface area contributed by atoms with Crippen LogP contribution in [0, 0.1) is 10.1 Å². The van der Waals surface area contributed by atoms with E-state index < -0.39 is 17.0 Å². The summed E-state index contributed by atoms with van der Waals surface area (Å²) in [7, 11) is 0. The summed E-state index contributed by atoms with van der Waals surface area (Å²) < 4.78 is 5.26. The molecule has 2 fully saturated rings. The molecule has 0 bridgehead atoms. The minimum atomic E-state index is -0.906. The van der Waals surface area contributed by atoms with Crippen LogP contribution in [-0.2, 0) is 9.53 Å². The van der Waals surface area contributed by atoms with Crippen molar-refractivity contribution >= 4 is 23.3 Å². The van der Waals surface area contributed by atoms with Gasteiger partial charge in [0.05, 0.1) is 10.5 Å². The molecule has 8 heteroatoms. The molecule has 2 aliphatic rings. The highest BCUT2D eigenvalue weighted by atomic mass is 16.6. The Labute approximate surface area is 158 Å². The monoisotopic (exact) mass is 375 g/mol. The number of nitro benzene ring substituents is 1. The smallest absolute Gasteiger partial charge is 0.339 e. The van der Waals surface area contributed by atoms with Gasteiger partial charge >= 0.3 is 5.97 Å². The van der Waals surface area contributed by atoms with Crippen LogP contribution in [0.25, 0.3) is 0 Å². The molecule has 3 rings (SSSR count). The SMILES string of the molecule is C[C@@H](OC(=O)c1ccc(N2CCCCC2)c([N+](=O)[O-])c1)C(=O)N1CCCC1. The predicted octanol–water partition coefficient (Wildman–Crippen LogP) is 2.75. The van der Waals surface area contributed by atoms with E-state index in [1.807, 2.05) is 4.90 Å². The Kier molecular flexibility index (Phi) is 5.93. The molecule has 27 heavy (non-hydrogen) atoms. The highest BCUT2D eigenvalue weighted by molar-refractivity contribution is 5.93. The largest absolute Gasteiger partial charge is 0.449 e. The first-order valence-corrected chi connectivity index (χ1v) is 9.50. The summed E-state index contributed by atoms with van der Waals surface area (Å²) in [4.78, 5) is 39.4. The van der Waals surface area contributed by atoms with Crippen molar-refractivity contribution in [3.8, 4) is 0 Å². The molecule has 2 saturated heterocycles. The van der Waals surface area contributed by atoms with Gasteiger partial charge in [0.25, 0.3) is 11.6 Å².